The fourth-order valence-electron chi connectivity index (χ4n) is 1.47. The third kappa shape index (κ3) is 2.82. The molecule has 0 radical (unpaired) electrons. The summed E-state index contributed by atoms with van der Waals surface area (Å²) in [6.07, 6.45) is 3.36. The molecule has 2 aromatic rings. The second kappa shape index (κ2) is 5.77. The predicted molar refractivity (Wildman–Crippen MR) is 73.0 cm³/mol. The summed E-state index contributed by atoms with van der Waals surface area (Å²) in [7, 11) is 1.91. The molecule has 0 saturated carbocycles. The molecule has 1 aromatic carbocycles. The molecular weight excluding hydrogens is 226 g/mol. The van der Waals surface area contributed by atoms with Crippen LogP contribution in [0.5, 0.6) is 0 Å². The van der Waals surface area contributed by atoms with E-state index in [1.165, 1.54) is 0 Å². The number of rotatable bonds is 5. The van der Waals surface area contributed by atoms with Gasteiger partial charge in [0.15, 0.2) is 5.82 Å². The summed E-state index contributed by atoms with van der Waals surface area (Å²) in [5.41, 5.74) is 1.01. The van der Waals surface area contributed by atoms with Gasteiger partial charge in [-0.1, -0.05) is 24.3 Å². The maximum Gasteiger partial charge on any atom is 0.251 e. The van der Waals surface area contributed by atoms with Crippen LogP contribution in [0.1, 0.15) is 0 Å². The molecule has 18 heavy (non-hydrogen) atoms. The molecule has 0 aliphatic heterocycles. The summed E-state index contributed by atoms with van der Waals surface area (Å²) >= 11 is 0. The van der Waals surface area contributed by atoms with Gasteiger partial charge in [-0.2, -0.15) is 10.1 Å². The number of hydrogen-bond acceptors (Lipinski definition) is 5. The van der Waals surface area contributed by atoms with Crippen molar-refractivity contribution in [3.8, 4) is 0 Å². The van der Waals surface area contributed by atoms with E-state index in [1.807, 2.05) is 42.3 Å². The fraction of sp³-hybridized carbons (Fsp3) is 0.154. The van der Waals surface area contributed by atoms with Gasteiger partial charge >= 0.3 is 0 Å². The summed E-state index contributed by atoms with van der Waals surface area (Å²) < 4.78 is 0. The zero-order chi connectivity index (χ0) is 12.8. The first-order chi connectivity index (χ1) is 8.81. The average Bonchev–Trinajstić information content (AvgIpc) is 2.45. The topological polar surface area (TPSA) is 53.9 Å². The Morgan fingerprint density at radius 1 is 1.33 bits per heavy atom. The molecule has 5 nitrogen and oxygen atoms in total. The Balaban J connectivity index is 2.20. The Morgan fingerprint density at radius 2 is 2.11 bits per heavy atom. The van der Waals surface area contributed by atoms with Crippen LogP contribution >= 0.6 is 0 Å². The second-order valence-corrected chi connectivity index (χ2v) is 3.71. The number of para-hydroxylation sites is 1. The molecule has 0 atom stereocenters. The molecule has 1 aromatic heterocycles. The lowest BCUT2D eigenvalue weighted by Gasteiger charge is -2.16. The first kappa shape index (κ1) is 12.0. The van der Waals surface area contributed by atoms with Crippen LogP contribution in [-0.2, 0) is 0 Å². The number of hydrogen-bond donors (Lipinski definition) is 1. The van der Waals surface area contributed by atoms with Gasteiger partial charge in [0.25, 0.3) is 5.95 Å². The van der Waals surface area contributed by atoms with Crippen LogP contribution in [0.3, 0.4) is 0 Å². The molecular formula is C13H15N5. The first-order valence-corrected chi connectivity index (χ1v) is 5.64. The van der Waals surface area contributed by atoms with Crippen molar-refractivity contribution in [1.29, 1.82) is 0 Å². The lowest BCUT2D eigenvalue weighted by Crippen LogP contribution is -2.15. The lowest BCUT2D eigenvalue weighted by atomic mass is 10.3. The van der Waals surface area contributed by atoms with E-state index in [0.717, 1.165) is 5.69 Å². The molecule has 0 aliphatic rings. The molecule has 0 amide bonds. The van der Waals surface area contributed by atoms with Crippen LogP contribution in [0.25, 0.3) is 0 Å². The summed E-state index contributed by atoms with van der Waals surface area (Å²) in [4.78, 5) is 6.26. The van der Waals surface area contributed by atoms with Crippen molar-refractivity contribution in [2.24, 2.45) is 0 Å². The highest BCUT2D eigenvalue weighted by atomic mass is 15.3. The van der Waals surface area contributed by atoms with E-state index >= 15 is 0 Å². The van der Waals surface area contributed by atoms with E-state index in [0.29, 0.717) is 18.3 Å². The highest BCUT2D eigenvalue weighted by molar-refractivity contribution is 5.56. The Labute approximate surface area is 106 Å². The van der Waals surface area contributed by atoms with Gasteiger partial charge in [-0.3, -0.25) is 0 Å². The van der Waals surface area contributed by atoms with Crippen LogP contribution < -0.4 is 10.2 Å². The maximum atomic E-state index is 4.38. The van der Waals surface area contributed by atoms with Crippen molar-refractivity contribution in [3.05, 3.63) is 49.2 Å². The maximum absolute atomic E-state index is 4.38. The molecule has 1 N–H and O–H groups in total. The van der Waals surface area contributed by atoms with Crippen LogP contribution in [0.2, 0.25) is 0 Å². The molecule has 0 saturated heterocycles. The largest absolute Gasteiger partial charge is 0.365 e. The number of aromatic nitrogens is 3. The predicted octanol–water partition coefficient (Wildman–Crippen LogP) is 2.24. The van der Waals surface area contributed by atoms with Crippen molar-refractivity contribution in [2.75, 3.05) is 23.8 Å². The third-order valence-corrected chi connectivity index (χ3v) is 2.42. The molecule has 0 fully saturated rings. The van der Waals surface area contributed by atoms with Crippen LogP contribution in [0, 0.1) is 0 Å². The van der Waals surface area contributed by atoms with Crippen LogP contribution in [-0.4, -0.2) is 28.8 Å². The first-order valence-electron chi connectivity index (χ1n) is 5.64. The van der Waals surface area contributed by atoms with Gasteiger partial charge in [-0.15, -0.1) is 11.7 Å². The number of benzene rings is 1. The van der Waals surface area contributed by atoms with Crippen molar-refractivity contribution in [3.63, 3.8) is 0 Å². The molecule has 92 valence electrons. The number of nitrogens with one attached hydrogen (secondary N) is 1. The SMILES string of the molecule is C=CCNc1cnnc(N(C)c2ccccc2)n1. The Bertz CT molecular complexity index is 512. The minimum Gasteiger partial charge on any atom is -0.365 e. The summed E-state index contributed by atoms with van der Waals surface area (Å²) in [5.74, 6) is 1.23. The van der Waals surface area contributed by atoms with Crippen molar-refractivity contribution in [1.82, 2.24) is 15.2 Å². The van der Waals surface area contributed by atoms with Gasteiger partial charge in [0.2, 0.25) is 0 Å². The highest BCUT2D eigenvalue weighted by Crippen LogP contribution is 2.19. The Morgan fingerprint density at radius 3 is 2.83 bits per heavy atom. The van der Waals surface area contributed by atoms with E-state index in [2.05, 4.69) is 27.1 Å². The van der Waals surface area contributed by atoms with Gasteiger partial charge in [0.1, 0.15) is 0 Å². The zero-order valence-corrected chi connectivity index (χ0v) is 10.2. The van der Waals surface area contributed by atoms with E-state index in [1.54, 1.807) is 12.3 Å². The number of anilines is 3. The van der Waals surface area contributed by atoms with Gasteiger partial charge in [0, 0.05) is 19.3 Å². The molecule has 0 spiro atoms. The molecule has 2 rings (SSSR count). The van der Waals surface area contributed by atoms with Crippen molar-refractivity contribution >= 4 is 17.5 Å². The van der Waals surface area contributed by atoms with E-state index in [4.69, 9.17) is 0 Å². The smallest absolute Gasteiger partial charge is 0.251 e. The van der Waals surface area contributed by atoms with Gasteiger partial charge in [-0.05, 0) is 12.1 Å². The van der Waals surface area contributed by atoms with E-state index < -0.39 is 0 Å². The summed E-state index contributed by atoms with van der Waals surface area (Å²) in [6.45, 7) is 4.29. The molecule has 0 aliphatic carbocycles. The van der Waals surface area contributed by atoms with Crippen molar-refractivity contribution in [2.45, 2.75) is 0 Å². The van der Waals surface area contributed by atoms with Crippen molar-refractivity contribution < 1.29 is 0 Å². The minimum absolute atomic E-state index is 0.551. The quantitative estimate of drug-likeness (QED) is 0.813. The molecule has 1 heterocycles. The molecule has 5 heteroatoms. The standard InChI is InChI=1S/C13H15N5/c1-3-9-14-12-10-15-17-13(16-12)18(2)11-7-5-4-6-8-11/h3-8,10H,1,9H2,2H3,(H,14,16,17). The molecule has 0 bridgehead atoms. The van der Waals surface area contributed by atoms with Crippen LogP contribution in [0.15, 0.2) is 49.2 Å². The van der Waals surface area contributed by atoms with Gasteiger partial charge in [-0.25, -0.2) is 0 Å². The number of nitrogens with zero attached hydrogens (tertiary/aromatic N) is 4. The fourth-order valence-corrected chi connectivity index (χ4v) is 1.47. The Hall–Kier alpha value is -2.43. The summed E-state index contributed by atoms with van der Waals surface area (Å²) in [6, 6.07) is 9.90. The van der Waals surface area contributed by atoms with Gasteiger partial charge in [0.05, 0.1) is 6.20 Å². The monoisotopic (exact) mass is 241 g/mol. The average molecular weight is 241 g/mol. The van der Waals surface area contributed by atoms with E-state index in [9.17, 15) is 0 Å². The lowest BCUT2D eigenvalue weighted by molar-refractivity contribution is 0.927. The zero-order valence-electron chi connectivity index (χ0n) is 10.2. The van der Waals surface area contributed by atoms with E-state index in [-0.39, 0.29) is 0 Å². The Kier molecular flexibility index (Phi) is 3.86. The highest BCUT2D eigenvalue weighted by Gasteiger charge is 2.07. The van der Waals surface area contributed by atoms with Crippen LogP contribution in [0.4, 0.5) is 17.5 Å². The summed E-state index contributed by atoms with van der Waals surface area (Å²) in [5, 5.41) is 11.0. The molecule has 0 unspecified atom stereocenters. The normalized spacial score (nSPS) is 9.83. The second-order valence-electron chi connectivity index (χ2n) is 3.71. The van der Waals surface area contributed by atoms with Gasteiger partial charge < -0.3 is 10.2 Å². The minimum atomic E-state index is 0.551. The third-order valence-electron chi connectivity index (χ3n) is 2.42.